The lowest BCUT2D eigenvalue weighted by Crippen LogP contribution is -2.12. The van der Waals surface area contributed by atoms with Crippen molar-refractivity contribution in [2.75, 3.05) is 12.3 Å². The van der Waals surface area contributed by atoms with Crippen LogP contribution in [0.4, 0.5) is 14.5 Å². The Hall–Kier alpha value is -1.24. The SMILES string of the molecule is CCOC(=O)c1ncc(Br)c(C(F)F)c1N. The molecule has 1 aromatic rings. The van der Waals surface area contributed by atoms with E-state index in [-0.39, 0.29) is 22.5 Å². The molecule has 0 saturated carbocycles. The van der Waals surface area contributed by atoms with Crippen LogP contribution in [0.5, 0.6) is 0 Å². The maximum Gasteiger partial charge on any atom is 0.359 e. The molecule has 16 heavy (non-hydrogen) atoms. The van der Waals surface area contributed by atoms with Crippen LogP contribution in [-0.2, 0) is 4.74 Å². The highest BCUT2D eigenvalue weighted by Gasteiger charge is 2.23. The number of pyridine rings is 1. The minimum absolute atomic E-state index is 0.0630. The summed E-state index contributed by atoms with van der Waals surface area (Å²) in [6.07, 6.45) is -1.69. The third-order valence-corrected chi connectivity index (χ3v) is 2.43. The van der Waals surface area contributed by atoms with Gasteiger partial charge in [-0.15, -0.1) is 0 Å². The molecule has 0 amide bonds. The molecule has 0 spiro atoms. The van der Waals surface area contributed by atoms with Crippen LogP contribution in [-0.4, -0.2) is 17.6 Å². The number of esters is 1. The summed E-state index contributed by atoms with van der Waals surface area (Å²) in [6, 6.07) is 0. The number of anilines is 1. The number of carbonyl (C=O) groups is 1. The number of halogens is 3. The van der Waals surface area contributed by atoms with E-state index >= 15 is 0 Å². The predicted octanol–water partition coefficient (Wildman–Crippen LogP) is 2.54. The van der Waals surface area contributed by atoms with Gasteiger partial charge in [0.2, 0.25) is 0 Å². The quantitative estimate of drug-likeness (QED) is 0.870. The second kappa shape index (κ2) is 5.20. The van der Waals surface area contributed by atoms with Crippen molar-refractivity contribution in [3.05, 3.63) is 21.9 Å². The Labute approximate surface area is 98.9 Å². The van der Waals surface area contributed by atoms with E-state index in [4.69, 9.17) is 5.73 Å². The number of nitrogens with two attached hydrogens (primary N) is 1. The van der Waals surface area contributed by atoms with Crippen molar-refractivity contribution in [1.82, 2.24) is 4.98 Å². The number of rotatable bonds is 3. The number of alkyl halides is 2. The first-order valence-corrected chi connectivity index (χ1v) is 5.17. The Morgan fingerprint density at radius 1 is 1.69 bits per heavy atom. The fraction of sp³-hybridized carbons (Fsp3) is 0.333. The molecule has 0 bridgehead atoms. The van der Waals surface area contributed by atoms with Gasteiger partial charge in [0.05, 0.1) is 17.9 Å². The lowest BCUT2D eigenvalue weighted by atomic mass is 10.2. The number of ether oxygens (including phenoxy) is 1. The highest BCUT2D eigenvalue weighted by molar-refractivity contribution is 9.10. The molecule has 0 aliphatic heterocycles. The normalized spacial score (nSPS) is 10.6. The molecular weight excluding hydrogens is 286 g/mol. The van der Waals surface area contributed by atoms with E-state index in [9.17, 15) is 13.6 Å². The van der Waals surface area contributed by atoms with E-state index in [0.717, 1.165) is 6.20 Å². The van der Waals surface area contributed by atoms with Crippen molar-refractivity contribution in [1.29, 1.82) is 0 Å². The molecule has 0 aliphatic rings. The molecule has 1 heterocycles. The molecule has 1 rings (SSSR count). The Balaban J connectivity index is 3.23. The van der Waals surface area contributed by atoms with Crippen LogP contribution in [0.25, 0.3) is 0 Å². The smallest absolute Gasteiger partial charge is 0.359 e. The van der Waals surface area contributed by atoms with Crippen molar-refractivity contribution in [3.8, 4) is 0 Å². The van der Waals surface area contributed by atoms with Gasteiger partial charge in [-0.25, -0.2) is 18.6 Å². The van der Waals surface area contributed by atoms with E-state index < -0.39 is 18.0 Å². The van der Waals surface area contributed by atoms with Crippen molar-refractivity contribution in [2.24, 2.45) is 0 Å². The third kappa shape index (κ3) is 2.46. The number of nitrogen functional groups attached to an aromatic ring is 1. The predicted molar refractivity (Wildman–Crippen MR) is 57.3 cm³/mol. The first kappa shape index (κ1) is 12.8. The second-order valence-corrected chi connectivity index (χ2v) is 3.66. The van der Waals surface area contributed by atoms with Crippen LogP contribution in [0.2, 0.25) is 0 Å². The molecular formula is C9H9BrF2N2O2. The zero-order valence-electron chi connectivity index (χ0n) is 8.34. The highest BCUT2D eigenvalue weighted by Crippen LogP contribution is 2.33. The summed E-state index contributed by atoms with van der Waals surface area (Å²) < 4.78 is 30.0. The summed E-state index contributed by atoms with van der Waals surface area (Å²) in [5, 5.41) is 0. The molecule has 2 N–H and O–H groups in total. The molecule has 88 valence electrons. The zero-order valence-corrected chi connectivity index (χ0v) is 9.92. The lowest BCUT2D eigenvalue weighted by molar-refractivity contribution is 0.0520. The summed E-state index contributed by atoms with van der Waals surface area (Å²) in [5.74, 6) is -0.811. The van der Waals surface area contributed by atoms with Gasteiger partial charge in [-0.1, -0.05) is 0 Å². The van der Waals surface area contributed by atoms with Gasteiger partial charge in [0, 0.05) is 10.7 Å². The van der Waals surface area contributed by atoms with E-state index in [0.29, 0.717) is 0 Å². The minimum atomic E-state index is -2.79. The zero-order chi connectivity index (χ0) is 12.3. The largest absolute Gasteiger partial charge is 0.461 e. The first-order chi connectivity index (χ1) is 7.49. The van der Waals surface area contributed by atoms with Crippen LogP contribution in [0.15, 0.2) is 10.7 Å². The van der Waals surface area contributed by atoms with E-state index in [1.54, 1.807) is 6.92 Å². The summed E-state index contributed by atoms with van der Waals surface area (Å²) in [6.45, 7) is 1.72. The molecule has 0 unspecified atom stereocenters. The van der Waals surface area contributed by atoms with Gasteiger partial charge in [-0.05, 0) is 22.9 Å². The first-order valence-electron chi connectivity index (χ1n) is 4.38. The number of nitrogens with zero attached hydrogens (tertiary/aromatic N) is 1. The van der Waals surface area contributed by atoms with Gasteiger partial charge in [0.1, 0.15) is 0 Å². The average Bonchev–Trinajstić information content (AvgIpc) is 2.17. The molecule has 4 nitrogen and oxygen atoms in total. The van der Waals surface area contributed by atoms with Gasteiger partial charge in [0.25, 0.3) is 6.43 Å². The summed E-state index contributed by atoms with van der Waals surface area (Å²) in [4.78, 5) is 15.0. The Morgan fingerprint density at radius 2 is 2.31 bits per heavy atom. The molecule has 0 aliphatic carbocycles. The number of hydrogen-bond donors (Lipinski definition) is 1. The average molecular weight is 295 g/mol. The number of hydrogen-bond acceptors (Lipinski definition) is 4. The van der Waals surface area contributed by atoms with Gasteiger partial charge in [-0.2, -0.15) is 0 Å². The van der Waals surface area contributed by atoms with Gasteiger partial charge in [0.15, 0.2) is 5.69 Å². The Morgan fingerprint density at radius 3 is 2.81 bits per heavy atom. The topological polar surface area (TPSA) is 65.2 Å². The fourth-order valence-corrected chi connectivity index (χ4v) is 1.59. The Kier molecular flexibility index (Phi) is 4.17. The third-order valence-electron chi connectivity index (χ3n) is 1.80. The van der Waals surface area contributed by atoms with Crippen molar-refractivity contribution in [2.45, 2.75) is 13.3 Å². The van der Waals surface area contributed by atoms with Crippen LogP contribution in [0.3, 0.4) is 0 Å². The second-order valence-electron chi connectivity index (χ2n) is 2.80. The van der Waals surface area contributed by atoms with E-state index in [1.807, 2.05) is 0 Å². The fourth-order valence-electron chi connectivity index (χ4n) is 1.10. The van der Waals surface area contributed by atoms with Crippen LogP contribution in [0, 0.1) is 0 Å². The number of aromatic nitrogens is 1. The molecule has 0 atom stereocenters. The summed E-state index contributed by atoms with van der Waals surface area (Å²) in [5.41, 5.74) is 4.35. The standard InChI is InChI=1S/C9H9BrF2N2O2/c1-2-16-9(15)7-6(13)5(8(11)12)4(10)3-14-7/h3,8H,2,13H2,1H3. The van der Waals surface area contributed by atoms with Crippen LogP contribution < -0.4 is 5.73 Å². The van der Waals surface area contributed by atoms with Crippen LogP contribution in [0.1, 0.15) is 29.4 Å². The van der Waals surface area contributed by atoms with Crippen molar-refractivity contribution < 1.29 is 18.3 Å². The molecule has 0 radical (unpaired) electrons. The van der Waals surface area contributed by atoms with Crippen molar-refractivity contribution in [3.63, 3.8) is 0 Å². The maximum absolute atomic E-state index is 12.6. The van der Waals surface area contributed by atoms with E-state index in [1.165, 1.54) is 0 Å². The lowest BCUT2D eigenvalue weighted by Gasteiger charge is -2.10. The molecule has 7 heteroatoms. The molecule has 1 aromatic heterocycles. The Bertz CT molecular complexity index is 413. The maximum atomic E-state index is 12.6. The molecule has 0 fully saturated rings. The highest BCUT2D eigenvalue weighted by atomic mass is 79.9. The van der Waals surface area contributed by atoms with Crippen LogP contribution >= 0.6 is 15.9 Å². The van der Waals surface area contributed by atoms with E-state index in [2.05, 4.69) is 25.7 Å². The monoisotopic (exact) mass is 294 g/mol. The molecule has 0 aromatic carbocycles. The number of carbonyl (C=O) groups excluding carboxylic acids is 1. The molecule has 0 saturated heterocycles. The van der Waals surface area contributed by atoms with Gasteiger partial charge < -0.3 is 10.5 Å². The summed E-state index contributed by atoms with van der Waals surface area (Å²) in [7, 11) is 0. The summed E-state index contributed by atoms with van der Waals surface area (Å²) >= 11 is 2.90. The minimum Gasteiger partial charge on any atom is -0.461 e. The van der Waals surface area contributed by atoms with Crippen molar-refractivity contribution >= 4 is 27.6 Å². The van der Waals surface area contributed by atoms with Gasteiger partial charge in [-0.3, -0.25) is 0 Å². The van der Waals surface area contributed by atoms with Gasteiger partial charge >= 0.3 is 5.97 Å².